The van der Waals surface area contributed by atoms with E-state index in [4.69, 9.17) is 16.3 Å². The summed E-state index contributed by atoms with van der Waals surface area (Å²) in [5.74, 6) is -2.44. The largest absolute Gasteiger partial charge is 0.370 e. The minimum absolute atomic E-state index is 0.109. The molecule has 3 rings (SSSR count). The van der Waals surface area contributed by atoms with E-state index in [2.05, 4.69) is 10.6 Å². The van der Waals surface area contributed by atoms with Crippen molar-refractivity contribution in [3.8, 4) is 0 Å². The van der Waals surface area contributed by atoms with Crippen LogP contribution in [0.2, 0.25) is 4.34 Å². The lowest BCUT2D eigenvalue weighted by molar-refractivity contribution is -0.125. The molecule has 184 valence electrons. The Morgan fingerprint density at radius 2 is 2.06 bits per heavy atom. The van der Waals surface area contributed by atoms with E-state index >= 15 is 0 Å². The molecule has 2 N–H and O–H groups in total. The highest BCUT2D eigenvalue weighted by Crippen LogP contribution is 2.24. The number of nitrogens with zero attached hydrogens (tertiary/aromatic N) is 2. The highest BCUT2D eigenvalue weighted by molar-refractivity contribution is 7.18. The van der Waals surface area contributed by atoms with E-state index in [1.165, 1.54) is 36.2 Å². The van der Waals surface area contributed by atoms with Gasteiger partial charge in [0.25, 0.3) is 18.2 Å². The molecule has 1 fully saturated rings. The summed E-state index contributed by atoms with van der Waals surface area (Å²) in [5, 5.41) is 4.90. The van der Waals surface area contributed by atoms with Gasteiger partial charge in [0, 0.05) is 18.8 Å². The van der Waals surface area contributed by atoms with Gasteiger partial charge in [0.1, 0.15) is 18.5 Å². The maximum Gasteiger partial charge on any atom is 0.261 e. The number of morpholine rings is 1. The van der Waals surface area contributed by atoms with Crippen LogP contribution in [0.4, 0.5) is 24.5 Å². The molecular weight excluding hydrogens is 497 g/mol. The number of rotatable bonds is 9. The lowest BCUT2D eigenvalue weighted by atomic mass is 10.2. The average Bonchev–Trinajstić information content (AvgIpc) is 3.21. The zero-order chi connectivity index (χ0) is 24.8. The molecule has 1 aromatic carbocycles. The third-order valence-corrected chi connectivity index (χ3v) is 6.25. The van der Waals surface area contributed by atoms with Gasteiger partial charge in [0.05, 0.1) is 28.1 Å². The Hall–Kier alpha value is -2.67. The Kier molecular flexibility index (Phi) is 8.89. The fraction of sp³-hybridized carbons (Fsp3) is 0.381. The number of likely N-dealkylation sites (N-methyl/N-ethyl adjacent to an activating group) is 1. The number of alkyl halides is 2. The summed E-state index contributed by atoms with van der Waals surface area (Å²) in [6.07, 6.45) is -2.73. The van der Waals surface area contributed by atoms with Gasteiger partial charge in [0.2, 0.25) is 5.91 Å². The Balaban J connectivity index is 1.71. The van der Waals surface area contributed by atoms with Crippen molar-refractivity contribution in [3.05, 3.63) is 45.4 Å². The van der Waals surface area contributed by atoms with Gasteiger partial charge in [-0.3, -0.25) is 19.3 Å². The molecule has 1 aliphatic heterocycles. The molecule has 0 unspecified atom stereocenters. The second-order valence-corrected chi connectivity index (χ2v) is 9.13. The van der Waals surface area contributed by atoms with E-state index in [1.807, 2.05) is 0 Å². The van der Waals surface area contributed by atoms with Crippen molar-refractivity contribution in [2.45, 2.75) is 12.5 Å². The summed E-state index contributed by atoms with van der Waals surface area (Å²) in [6.45, 7) is -0.570. The van der Waals surface area contributed by atoms with E-state index in [0.29, 0.717) is 21.5 Å². The molecule has 1 saturated heterocycles. The number of benzene rings is 1. The van der Waals surface area contributed by atoms with E-state index in [-0.39, 0.29) is 31.3 Å². The number of amides is 3. The Bertz CT molecular complexity index is 1050. The van der Waals surface area contributed by atoms with Crippen LogP contribution >= 0.6 is 22.9 Å². The predicted octanol–water partition coefficient (Wildman–Crippen LogP) is 2.84. The molecular formula is C21H22ClF3N4O4S. The number of carbonyl (C=O) groups is 3. The first kappa shape index (κ1) is 25.9. The van der Waals surface area contributed by atoms with Gasteiger partial charge in [-0.1, -0.05) is 11.6 Å². The Labute approximate surface area is 202 Å². The van der Waals surface area contributed by atoms with E-state index in [9.17, 15) is 27.6 Å². The van der Waals surface area contributed by atoms with Crippen molar-refractivity contribution < 1.29 is 32.3 Å². The molecule has 2 aromatic rings. The van der Waals surface area contributed by atoms with E-state index in [0.717, 1.165) is 22.3 Å². The van der Waals surface area contributed by atoms with Crippen LogP contribution in [-0.4, -0.2) is 75.0 Å². The van der Waals surface area contributed by atoms with Crippen LogP contribution < -0.4 is 15.5 Å². The normalized spacial score (nSPS) is 15.0. The quantitative estimate of drug-likeness (QED) is 0.533. The summed E-state index contributed by atoms with van der Waals surface area (Å²) in [4.78, 5) is 39.8. The number of carbonyl (C=O) groups excluding carboxylic acids is 3. The van der Waals surface area contributed by atoms with Gasteiger partial charge in [-0.05, 0) is 37.4 Å². The number of thiophene rings is 1. The van der Waals surface area contributed by atoms with Crippen LogP contribution in [0.3, 0.4) is 0 Å². The molecule has 0 saturated carbocycles. The van der Waals surface area contributed by atoms with E-state index in [1.54, 1.807) is 0 Å². The summed E-state index contributed by atoms with van der Waals surface area (Å²) in [5.41, 5.74) is 0.110. The van der Waals surface area contributed by atoms with Crippen molar-refractivity contribution in [1.29, 1.82) is 0 Å². The van der Waals surface area contributed by atoms with Crippen molar-refractivity contribution in [1.82, 2.24) is 10.2 Å². The molecule has 1 aromatic heterocycles. The molecule has 3 amide bonds. The first-order valence-electron chi connectivity index (χ1n) is 10.2. The molecule has 13 heteroatoms. The standard InChI is InChI=1S/C21H22ClF3N4O4S/c1-28(10-18(24)25)15(9-26-21(32)16-4-5-17(22)34-16)20(31)27-14-3-2-12(8-13(14)23)29-6-7-33-11-19(29)30/h2-5,8,15,18H,6-7,9-11H2,1H3,(H,26,32)(H,27,31)/t15-/m0/s1. The molecule has 0 aliphatic carbocycles. The molecule has 0 spiro atoms. The van der Waals surface area contributed by atoms with Gasteiger partial charge in [-0.15, -0.1) is 11.3 Å². The number of anilines is 2. The monoisotopic (exact) mass is 518 g/mol. The zero-order valence-corrected chi connectivity index (χ0v) is 19.6. The van der Waals surface area contributed by atoms with Crippen LogP contribution in [0, 0.1) is 5.82 Å². The van der Waals surface area contributed by atoms with Crippen LogP contribution in [0.25, 0.3) is 0 Å². The molecule has 0 radical (unpaired) electrons. The highest BCUT2D eigenvalue weighted by Gasteiger charge is 2.28. The molecule has 2 heterocycles. The SMILES string of the molecule is CN(CC(F)F)[C@@H](CNC(=O)c1ccc(Cl)s1)C(=O)Nc1ccc(N2CCOCC2=O)cc1F. The third kappa shape index (κ3) is 6.69. The highest BCUT2D eigenvalue weighted by atomic mass is 35.5. The summed E-state index contributed by atoms with van der Waals surface area (Å²) in [7, 11) is 1.30. The first-order chi connectivity index (χ1) is 16.2. The summed E-state index contributed by atoms with van der Waals surface area (Å²) in [6, 6.07) is 5.65. The van der Waals surface area contributed by atoms with Gasteiger partial charge in [0.15, 0.2) is 0 Å². The fourth-order valence-electron chi connectivity index (χ4n) is 3.29. The molecule has 1 atom stereocenters. The maximum atomic E-state index is 14.7. The van der Waals surface area contributed by atoms with Crippen molar-refractivity contribution in [2.75, 3.05) is 50.1 Å². The topological polar surface area (TPSA) is 91.0 Å². The molecule has 0 bridgehead atoms. The van der Waals surface area contributed by atoms with Crippen LogP contribution in [0.15, 0.2) is 30.3 Å². The van der Waals surface area contributed by atoms with Gasteiger partial charge < -0.3 is 20.3 Å². The van der Waals surface area contributed by atoms with Crippen LogP contribution in [0.1, 0.15) is 9.67 Å². The molecule has 8 nitrogen and oxygen atoms in total. The maximum absolute atomic E-state index is 14.7. The van der Waals surface area contributed by atoms with Gasteiger partial charge in [-0.25, -0.2) is 13.2 Å². The lowest BCUT2D eigenvalue weighted by Crippen LogP contribution is -2.50. The average molecular weight is 519 g/mol. The number of hydrogen-bond donors (Lipinski definition) is 2. The second-order valence-electron chi connectivity index (χ2n) is 7.41. The second kappa shape index (κ2) is 11.6. The minimum atomic E-state index is -2.73. The fourth-order valence-corrected chi connectivity index (χ4v) is 4.25. The van der Waals surface area contributed by atoms with Crippen LogP contribution in [-0.2, 0) is 14.3 Å². The number of halogens is 4. The Morgan fingerprint density at radius 1 is 1.29 bits per heavy atom. The third-order valence-electron chi connectivity index (χ3n) is 5.02. The van der Waals surface area contributed by atoms with Crippen molar-refractivity contribution in [3.63, 3.8) is 0 Å². The molecule has 1 aliphatic rings. The molecule has 34 heavy (non-hydrogen) atoms. The van der Waals surface area contributed by atoms with E-state index < -0.39 is 36.6 Å². The lowest BCUT2D eigenvalue weighted by Gasteiger charge is -2.28. The first-order valence-corrected chi connectivity index (χ1v) is 11.4. The van der Waals surface area contributed by atoms with Crippen molar-refractivity contribution >= 4 is 52.0 Å². The minimum Gasteiger partial charge on any atom is -0.370 e. The van der Waals surface area contributed by atoms with Gasteiger partial charge in [-0.2, -0.15) is 0 Å². The smallest absolute Gasteiger partial charge is 0.261 e. The van der Waals surface area contributed by atoms with Crippen LogP contribution in [0.5, 0.6) is 0 Å². The number of ether oxygens (including phenoxy) is 1. The predicted molar refractivity (Wildman–Crippen MR) is 122 cm³/mol. The number of hydrogen-bond acceptors (Lipinski definition) is 6. The summed E-state index contributed by atoms with van der Waals surface area (Å²) < 4.78 is 46.0. The Morgan fingerprint density at radius 3 is 2.68 bits per heavy atom. The zero-order valence-electron chi connectivity index (χ0n) is 18.0. The number of nitrogens with one attached hydrogen (secondary N) is 2. The van der Waals surface area contributed by atoms with Crippen molar-refractivity contribution in [2.24, 2.45) is 0 Å². The van der Waals surface area contributed by atoms with Gasteiger partial charge >= 0.3 is 0 Å². The summed E-state index contributed by atoms with van der Waals surface area (Å²) >= 11 is 6.85.